The molecule has 0 bridgehead atoms. The van der Waals surface area contributed by atoms with Gasteiger partial charge in [0, 0.05) is 23.1 Å². The highest BCUT2D eigenvalue weighted by molar-refractivity contribution is 6.51. The van der Waals surface area contributed by atoms with Crippen molar-refractivity contribution < 1.29 is 19.4 Å². The molecule has 162 valence electrons. The molecule has 7 heteroatoms. The molecule has 1 aliphatic heterocycles. The SMILES string of the molecule is COc1ccc(Cl)cc1/C(O)=C1\C(=O)C(=O)N(c2cccc(C)c2C)C1c1cccnc1. The molecule has 1 atom stereocenters. The number of aryl methyl sites for hydroxylation is 1. The summed E-state index contributed by atoms with van der Waals surface area (Å²) >= 11 is 6.14. The summed E-state index contributed by atoms with van der Waals surface area (Å²) in [5.41, 5.74) is 3.21. The average Bonchev–Trinajstić information content (AvgIpc) is 3.06. The molecule has 1 aliphatic rings. The van der Waals surface area contributed by atoms with Gasteiger partial charge in [0.05, 0.1) is 24.3 Å². The summed E-state index contributed by atoms with van der Waals surface area (Å²) in [4.78, 5) is 32.1. The maximum absolute atomic E-state index is 13.3. The molecule has 32 heavy (non-hydrogen) atoms. The van der Waals surface area contributed by atoms with E-state index in [1.54, 1.807) is 42.7 Å². The summed E-state index contributed by atoms with van der Waals surface area (Å²) in [5.74, 6) is -1.55. The lowest BCUT2D eigenvalue weighted by Crippen LogP contribution is -2.30. The van der Waals surface area contributed by atoms with Crippen LogP contribution < -0.4 is 9.64 Å². The monoisotopic (exact) mass is 448 g/mol. The Hall–Kier alpha value is -3.64. The van der Waals surface area contributed by atoms with E-state index in [4.69, 9.17) is 16.3 Å². The zero-order valence-corrected chi connectivity index (χ0v) is 18.6. The van der Waals surface area contributed by atoms with Crippen LogP contribution in [0.25, 0.3) is 5.76 Å². The number of pyridine rings is 1. The quantitative estimate of drug-likeness (QED) is 0.345. The van der Waals surface area contributed by atoms with E-state index in [9.17, 15) is 14.7 Å². The Morgan fingerprint density at radius 1 is 1.12 bits per heavy atom. The van der Waals surface area contributed by atoms with E-state index in [-0.39, 0.29) is 16.9 Å². The summed E-state index contributed by atoms with van der Waals surface area (Å²) in [5, 5.41) is 11.6. The molecule has 4 rings (SSSR count). The third-order valence-corrected chi connectivity index (χ3v) is 5.93. The summed E-state index contributed by atoms with van der Waals surface area (Å²) in [6, 6.07) is 12.9. The number of benzene rings is 2. The number of carbonyl (C=O) groups is 2. The molecule has 6 nitrogen and oxygen atoms in total. The van der Waals surface area contributed by atoms with Gasteiger partial charge in [-0.3, -0.25) is 19.5 Å². The van der Waals surface area contributed by atoms with Crippen LogP contribution in [0.3, 0.4) is 0 Å². The molecule has 0 aliphatic carbocycles. The predicted octanol–water partition coefficient (Wildman–Crippen LogP) is 4.99. The van der Waals surface area contributed by atoms with Crippen LogP contribution in [-0.2, 0) is 9.59 Å². The highest BCUT2D eigenvalue weighted by atomic mass is 35.5. The van der Waals surface area contributed by atoms with E-state index in [2.05, 4.69) is 4.98 Å². The molecule has 1 unspecified atom stereocenters. The van der Waals surface area contributed by atoms with Crippen molar-refractivity contribution in [1.82, 2.24) is 4.98 Å². The van der Waals surface area contributed by atoms with E-state index in [1.807, 2.05) is 26.0 Å². The number of ether oxygens (including phenoxy) is 1. The highest BCUT2D eigenvalue weighted by Crippen LogP contribution is 2.44. The van der Waals surface area contributed by atoms with Crippen LogP contribution in [0.15, 0.2) is 66.5 Å². The smallest absolute Gasteiger partial charge is 0.300 e. The first-order valence-corrected chi connectivity index (χ1v) is 10.3. The fourth-order valence-electron chi connectivity index (χ4n) is 3.94. The second-order valence-corrected chi connectivity index (χ2v) is 7.96. The maximum atomic E-state index is 13.3. The Morgan fingerprint density at radius 2 is 1.91 bits per heavy atom. The van der Waals surface area contributed by atoms with Gasteiger partial charge in [0.1, 0.15) is 11.5 Å². The standard InChI is InChI=1S/C25H21ClN2O4/c1-14-6-4-8-19(15(14)2)28-22(16-7-5-11-27-13-16)21(24(30)25(28)31)23(29)18-12-17(26)9-10-20(18)32-3/h4-13,22,29H,1-3H3/b23-21+. The fraction of sp³-hybridized carbons (Fsp3) is 0.160. The molecule has 0 radical (unpaired) electrons. The molecule has 0 spiro atoms. The van der Waals surface area contributed by atoms with E-state index in [0.29, 0.717) is 22.0 Å². The number of carbonyl (C=O) groups excluding carboxylic acids is 2. The largest absolute Gasteiger partial charge is 0.507 e. The lowest BCUT2D eigenvalue weighted by atomic mass is 9.95. The number of aliphatic hydroxyl groups is 1. The van der Waals surface area contributed by atoms with Gasteiger partial charge in [0.2, 0.25) is 0 Å². The summed E-state index contributed by atoms with van der Waals surface area (Å²) in [6.07, 6.45) is 3.19. The molecule has 1 N–H and O–H groups in total. The number of ketones is 1. The van der Waals surface area contributed by atoms with E-state index >= 15 is 0 Å². The van der Waals surface area contributed by atoms with Gasteiger partial charge in [-0.2, -0.15) is 0 Å². The minimum Gasteiger partial charge on any atom is -0.507 e. The van der Waals surface area contributed by atoms with Gasteiger partial charge in [0.25, 0.3) is 11.7 Å². The van der Waals surface area contributed by atoms with E-state index < -0.39 is 17.7 Å². The lowest BCUT2D eigenvalue weighted by molar-refractivity contribution is -0.132. The molecule has 1 aromatic heterocycles. The zero-order valence-electron chi connectivity index (χ0n) is 17.8. The van der Waals surface area contributed by atoms with Crippen molar-refractivity contribution in [1.29, 1.82) is 0 Å². The molecule has 1 amide bonds. The number of hydrogen-bond donors (Lipinski definition) is 1. The molecule has 0 saturated carbocycles. The molecular formula is C25H21ClN2O4. The van der Waals surface area contributed by atoms with Crippen molar-refractivity contribution in [3.8, 4) is 5.75 Å². The van der Waals surface area contributed by atoms with Crippen molar-refractivity contribution in [2.45, 2.75) is 19.9 Å². The van der Waals surface area contributed by atoms with Gasteiger partial charge in [-0.25, -0.2) is 0 Å². The number of aliphatic hydroxyl groups excluding tert-OH is 1. The number of methoxy groups -OCH3 is 1. The summed E-state index contributed by atoms with van der Waals surface area (Å²) in [7, 11) is 1.45. The van der Waals surface area contributed by atoms with Crippen LogP contribution in [-0.4, -0.2) is 28.9 Å². The zero-order chi connectivity index (χ0) is 23.0. The topological polar surface area (TPSA) is 79.7 Å². The first-order chi connectivity index (χ1) is 15.3. The number of anilines is 1. The highest BCUT2D eigenvalue weighted by Gasteiger charge is 2.47. The van der Waals surface area contributed by atoms with Crippen molar-refractivity contribution >= 4 is 34.7 Å². The minimum absolute atomic E-state index is 0.0514. The predicted molar refractivity (Wildman–Crippen MR) is 123 cm³/mol. The van der Waals surface area contributed by atoms with Gasteiger partial charge in [-0.1, -0.05) is 29.8 Å². The number of nitrogens with zero attached hydrogens (tertiary/aromatic N) is 2. The van der Waals surface area contributed by atoms with Gasteiger partial charge >= 0.3 is 0 Å². The summed E-state index contributed by atoms with van der Waals surface area (Å²) < 4.78 is 5.36. The van der Waals surface area contributed by atoms with Crippen molar-refractivity contribution in [3.63, 3.8) is 0 Å². The Labute approximate surface area is 190 Å². The average molecular weight is 449 g/mol. The second-order valence-electron chi connectivity index (χ2n) is 7.52. The minimum atomic E-state index is -0.868. The van der Waals surface area contributed by atoms with Gasteiger partial charge in [-0.05, 0) is 60.9 Å². The van der Waals surface area contributed by atoms with Crippen LogP contribution in [0.2, 0.25) is 5.02 Å². The van der Waals surface area contributed by atoms with Gasteiger partial charge in [-0.15, -0.1) is 0 Å². The van der Waals surface area contributed by atoms with Crippen molar-refractivity contribution in [3.05, 3.63) is 93.8 Å². The Morgan fingerprint density at radius 3 is 2.59 bits per heavy atom. The number of halogens is 1. The van der Waals surface area contributed by atoms with Crippen LogP contribution in [0.1, 0.15) is 28.3 Å². The lowest BCUT2D eigenvalue weighted by Gasteiger charge is -2.27. The van der Waals surface area contributed by atoms with Crippen LogP contribution in [0.5, 0.6) is 5.75 Å². The molecular weight excluding hydrogens is 428 g/mol. The molecule has 2 heterocycles. The third kappa shape index (κ3) is 3.52. The van der Waals surface area contributed by atoms with Crippen LogP contribution >= 0.6 is 11.6 Å². The normalized spacial score (nSPS) is 17.6. The first kappa shape index (κ1) is 21.6. The second kappa shape index (κ2) is 8.48. The first-order valence-electron chi connectivity index (χ1n) is 9.96. The maximum Gasteiger partial charge on any atom is 0.300 e. The molecule has 1 fully saturated rings. The number of hydrogen-bond acceptors (Lipinski definition) is 5. The Kier molecular flexibility index (Phi) is 5.72. The number of amides is 1. The fourth-order valence-corrected chi connectivity index (χ4v) is 4.11. The van der Waals surface area contributed by atoms with E-state index in [1.165, 1.54) is 18.1 Å². The van der Waals surface area contributed by atoms with Crippen LogP contribution in [0.4, 0.5) is 5.69 Å². The molecule has 1 saturated heterocycles. The summed E-state index contributed by atoms with van der Waals surface area (Å²) in [6.45, 7) is 3.83. The number of aromatic nitrogens is 1. The van der Waals surface area contributed by atoms with Crippen LogP contribution in [0, 0.1) is 13.8 Å². The van der Waals surface area contributed by atoms with E-state index in [0.717, 1.165) is 11.1 Å². The van der Waals surface area contributed by atoms with Crippen molar-refractivity contribution in [2.24, 2.45) is 0 Å². The Bertz CT molecular complexity index is 1250. The number of rotatable bonds is 4. The Balaban J connectivity index is 2.01. The van der Waals surface area contributed by atoms with Crippen molar-refractivity contribution in [2.75, 3.05) is 12.0 Å². The third-order valence-electron chi connectivity index (χ3n) is 5.70. The van der Waals surface area contributed by atoms with Gasteiger partial charge in [0.15, 0.2) is 0 Å². The van der Waals surface area contributed by atoms with Gasteiger partial charge < -0.3 is 9.84 Å². The molecule has 3 aromatic rings. The number of Topliss-reactive ketones (excluding diaryl/α,β-unsaturated/α-hetero) is 1. The molecule has 2 aromatic carbocycles.